The second kappa shape index (κ2) is 9.10. The van der Waals surface area contributed by atoms with Gasteiger partial charge in [0, 0.05) is 25.3 Å². The van der Waals surface area contributed by atoms with Gasteiger partial charge in [0.1, 0.15) is 0 Å². The first kappa shape index (κ1) is 17.1. The molecule has 0 aliphatic heterocycles. The Morgan fingerprint density at radius 1 is 1.19 bits per heavy atom. The van der Waals surface area contributed by atoms with Crippen LogP contribution in [0.25, 0.3) is 0 Å². The number of methoxy groups -OCH3 is 2. The molecule has 1 aromatic rings. The molecule has 0 saturated heterocycles. The number of hydrogen-bond donors (Lipinski definition) is 2. The molecule has 0 spiro atoms. The van der Waals surface area contributed by atoms with Gasteiger partial charge in [-0.25, -0.2) is 0 Å². The van der Waals surface area contributed by atoms with Crippen molar-refractivity contribution in [2.45, 2.75) is 26.7 Å². The summed E-state index contributed by atoms with van der Waals surface area (Å²) >= 11 is 0. The van der Waals surface area contributed by atoms with Gasteiger partial charge < -0.3 is 20.1 Å². The van der Waals surface area contributed by atoms with Crippen molar-refractivity contribution in [3.05, 3.63) is 18.2 Å². The molecular weight excluding hydrogens is 266 g/mol. The Hall–Kier alpha value is -1.91. The van der Waals surface area contributed by atoms with E-state index in [1.54, 1.807) is 21.3 Å². The Morgan fingerprint density at radius 3 is 2.48 bits per heavy atom. The van der Waals surface area contributed by atoms with Gasteiger partial charge in [-0.15, -0.1) is 0 Å². The summed E-state index contributed by atoms with van der Waals surface area (Å²) in [6.07, 6.45) is 2.34. The van der Waals surface area contributed by atoms with Crippen LogP contribution in [0.4, 0.5) is 5.69 Å². The average Bonchev–Trinajstić information content (AvgIpc) is 2.49. The lowest BCUT2D eigenvalue weighted by atomic mass is 10.1. The summed E-state index contributed by atoms with van der Waals surface area (Å²) in [6, 6.07) is 5.69. The number of hydrogen-bond acceptors (Lipinski definition) is 3. The zero-order valence-corrected chi connectivity index (χ0v) is 13.7. The summed E-state index contributed by atoms with van der Waals surface area (Å²) < 4.78 is 10.5. The molecule has 21 heavy (non-hydrogen) atoms. The molecule has 0 fully saturated rings. The normalized spacial score (nSPS) is 11.4. The maximum atomic E-state index is 5.29. The Labute approximate surface area is 127 Å². The molecule has 5 heteroatoms. The van der Waals surface area contributed by atoms with Crippen molar-refractivity contribution in [3.8, 4) is 11.5 Å². The van der Waals surface area contributed by atoms with Gasteiger partial charge in [-0.1, -0.05) is 13.8 Å². The van der Waals surface area contributed by atoms with Crippen LogP contribution in [0.5, 0.6) is 11.5 Å². The third-order valence-corrected chi connectivity index (χ3v) is 3.12. The molecule has 0 atom stereocenters. The van der Waals surface area contributed by atoms with E-state index >= 15 is 0 Å². The third kappa shape index (κ3) is 5.94. The van der Waals surface area contributed by atoms with E-state index in [0.29, 0.717) is 11.5 Å². The molecule has 0 aliphatic rings. The summed E-state index contributed by atoms with van der Waals surface area (Å²) in [5, 5.41) is 6.55. The van der Waals surface area contributed by atoms with Gasteiger partial charge in [-0.2, -0.15) is 0 Å². The summed E-state index contributed by atoms with van der Waals surface area (Å²) in [5.41, 5.74) is 0.907. The van der Waals surface area contributed by atoms with Crippen LogP contribution in [0, 0.1) is 5.92 Å². The quantitative estimate of drug-likeness (QED) is 0.461. The topological polar surface area (TPSA) is 54.9 Å². The van der Waals surface area contributed by atoms with Crippen LogP contribution in [0.3, 0.4) is 0 Å². The fourth-order valence-corrected chi connectivity index (χ4v) is 1.95. The number of rotatable bonds is 7. The van der Waals surface area contributed by atoms with Crippen molar-refractivity contribution < 1.29 is 9.47 Å². The third-order valence-electron chi connectivity index (χ3n) is 3.12. The summed E-state index contributed by atoms with van der Waals surface area (Å²) in [4.78, 5) is 4.22. The second-order valence-corrected chi connectivity index (χ2v) is 5.23. The highest BCUT2D eigenvalue weighted by molar-refractivity contribution is 5.93. The van der Waals surface area contributed by atoms with E-state index in [0.717, 1.165) is 30.5 Å². The lowest BCUT2D eigenvalue weighted by Crippen LogP contribution is -2.31. The minimum absolute atomic E-state index is 0.692. The van der Waals surface area contributed by atoms with Crippen LogP contribution in [-0.2, 0) is 0 Å². The van der Waals surface area contributed by atoms with Crippen molar-refractivity contribution in [1.82, 2.24) is 5.32 Å². The second-order valence-electron chi connectivity index (χ2n) is 5.23. The predicted molar refractivity (Wildman–Crippen MR) is 88.6 cm³/mol. The lowest BCUT2D eigenvalue weighted by molar-refractivity contribution is 0.355. The highest BCUT2D eigenvalue weighted by Gasteiger charge is 2.06. The van der Waals surface area contributed by atoms with Crippen molar-refractivity contribution in [3.63, 3.8) is 0 Å². The molecule has 0 amide bonds. The molecule has 2 N–H and O–H groups in total. The number of nitrogens with zero attached hydrogens (tertiary/aromatic N) is 1. The number of guanidine groups is 1. The molecule has 1 rings (SSSR count). The smallest absolute Gasteiger partial charge is 0.195 e. The molecule has 0 radical (unpaired) electrons. The number of anilines is 1. The van der Waals surface area contributed by atoms with Crippen LogP contribution < -0.4 is 20.1 Å². The average molecular weight is 293 g/mol. The van der Waals surface area contributed by atoms with Crippen molar-refractivity contribution in [2.24, 2.45) is 10.9 Å². The fourth-order valence-electron chi connectivity index (χ4n) is 1.95. The van der Waals surface area contributed by atoms with E-state index in [2.05, 4.69) is 29.5 Å². The molecular formula is C16H27N3O2. The number of ether oxygens (including phenoxy) is 2. The zero-order chi connectivity index (χ0) is 15.7. The van der Waals surface area contributed by atoms with E-state index in [-0.39, 0.29) is 0 Å². The molecule has 5 nitrogen and oxygen atoms in total. The Balaban J connectivity index is 2.57. The molecule has 0 aliphatic carbocycles. The minimum Gasteiger partial charge on any atom is -0.493 e. The maximum Gasteiger partial charge on any atom is 0.195 e. The van der Waals surface area contributed by atoms with Crippen LogP contribution >= 0.6 is 0 Å². The molecule has 0 saturated carbocycles. The molecule has 0 unspecified atom stereocenters. The molecule has 1 aromatic carbocycles. The standard InChI is InChI=1S/C16H27N3O2/c1-12(2)7-6-10-18-16(17-3)19-13-8-9-14(20-4)15(11-13)21-5/h8-9,11-12H,6-7,10H2,1-5H3,(H2,17,18,19). The highest BCUT2D eigenvalue weighted by Crippen LogP contribution is 2.29. The number of nitrogens with one attached hydrogen (secondary N) is 2. The van der Waals surface area contributed by atoms with E-state index in [1.165, 1.54) is 6.42 Å². The van der Waals surface area contributed by atoms with Crippen molar-refractivity contribution in [2.75, 3.05) is 33.1 Å². The number of aliphatic imine (C=N–C) groups is 1. The van der Waals surface area contributed by atoms with Gasteiger partial charge in [0.25, 0.3) is 0 Å². The Bertz CT molecular complexity index is 459. The summed E-state index contributed by atoms with van der Waals surface area (Å²) in [6.45, 7) is 5.37. The molecule has 0 heterocycles. The first-order valence-corrected chi connectivity index (χ1v) is 7.30. The SMILES string of the molecule is CN=C(NCCCC(C)C)Nc1ccc(OC)c(OC)c1. The lowest BCUT2D eigenvalue weighted by Gasteiger charge is -2.14. The minimum atomic E-state index is 0.692. The van der Waals surface area contributed by atoms with Crippen LogP contribution in [0.1, 0.15) is 26.7 Å². The van der Waals surface area contributed by atoms with Gasteiger partial charge in [-0.3, -0.25) is 4.99 Å². The molecule has 118 valence electrons. The van der Waals surface area contributed by atoms with E-state index < -0.39 is 0 Å². The van der Waals surface area contributed by atoms with Crippen molar-refractivity contribution >= 4 is 11.6 Å². The molecule has 0 aromatic heterocycles. The van der Waals surface area contributed by atoms with Crippen LogP contribution in [0.2, 0.25) is 0 Å². The maximum absolute atomic E-state index is 5.29. The van der Waals surface area contributed by atoms with Crippen molar-refractivity contribution in [1.29, 1.82) is 0 Å². The summed E-state index contributed by atoms with van der Waals surface area (Å²) in [5.74, 6) is 2.89. The van der Waals surface area contributed by atoms with Gasteiger partial charge in [-0.05, 0) is 30.9 Å². The van der Waals surface area contributed by atoms with Gasteiger partial charge in [0.2, 0.25) is 0 Å². The first-order chi connectivity index (χ1) is 10.1. The largest absolute Gasteiger partial charge is 0.493 e. The van der Waals surface area contributed by atoms with E-state index in [9.17, 15) is 0 Å². The Kier molecular flexibility index (Phi) is 7.43. The van der Waals surface area contributed by atoms with Gasteiger partial charge >= 0.3 is 0 Å². The Morgan fingerprint density at radius 2 is 1.90 bits per heavy atom. The summed E-state index contributed by atoms with van der Waals surface area (Å²) in [7, 11) is 5.01. The van der Waals surface area contributed by atoms with E-state index in [1.807, 2.05) is 18.2 Å². The monoisotopic (exact) mass is 293 g/mol. The van der Waals surface area contributed by atoms with Crippen LogP contribution in [-0.4, -0.2) is 33.8 Å². The van der Waals surface area contributed by atoms with Gasteiger partial charge in [0.15, 0.2) is 17.5 Å². The molecule has 0 bridgehead atoms. The zero-order valence-electron chi connectivity index (χ0n) is 13.7. The predicted octanol–water partition coefficient (Wildman–Crippen LogP) is 3.13. The van der Waals surface area contributed by atoms with E-state index in [4.69, 9.17) is 9.47 Å². The van der Waals surface area contributed by atoms with Crippen LogP contribution in [0.15, 0.2) is 23.2 Å². The first-order valence-electron chi connectivity index (χ1n) is 7.30. The van der Waals surface area contributed by atoms with Gasteiger partial charge in [0.05, 0.1) is 14.2 Å². The number of benzene rings is 1. The highest BCUT2D eigenvalue weighted by atomic mass is 16.5. The fraction of sp³-hybridized carbons (Fsp3) is 0.562.